The van der Waals surface area contributed by atoms with Crippen molar-refractivity contribution in [2.45, 2.75) is 46.1 Å². The monoisotopic (exact) mass is 295 g/mol. The second-order valence-electron chi connectivity index (χ2n) is 6.33. The van der Waals surface area contributed by atoms with Gasteiger partial charge in [0.25, 0.3) is 0 Å². The zero-order valence-corrected chi connectivity index (χ0v) is 12.6. The van der Waals surface area contributed by atoms with Gasteiger partial charge in [-0.1, -0.05) is 39.0 Å². The topological polar surface area (TPSA) is 66.4 Å². The van der Waals surface area contributed by atoms with Gasteiger partial charge in [-0.3, -0.25) is 4.79 Å². The van der Waals surface area contributed by atoms with E-state index < -0.39 is 23.7 Å². The average Bonchev–Trinajstić information content (AvgIpc) is 2.36. The molecule has 4 nitrogen and oxygen atoms in total. The fourth-order valence-electron chi connectivity index (χ4n) is 1.89. The number of hydrogen-bond acceptors (Lipinski definition) is 2. The van der Waals surface area contributed by atoms with Gasteiger partial charge in [-0.05, 0) is 29.9 Å². The van der Waals surface area contributed by atoms with E-state index in [2.05, 4.69) is 5.32 Å². The molecule has 0 aliphatic carbocycles. The molecule has 5 heteroatoms. The van der Waals surface area contributed by atoms with Crippen molar-refractivity contribution in [1.82, 2.24) is 5.32 Å². The summed E-state index contributed by atoms with van der Waals surface area (Å²) in [6.45, 7) is 6.02. The molecular weight excluding hydrogens is 273 g/mol. The number of amides is 1. The molecule has 0 aliphatic heterocycles. The van der Waals surface area contributed by atoms with Crippen LogP contribution in [-0.2, 0) is 16.0 Å². The third kappa shape index (κ3) is 6.38. The molecule has 0 aliphatic rings. The van der Waals surface area contributed by atoms with Crippen molar-refractivity contribution < 1.29 is 19.1 Å². The van der Waals surface area contributed by atoms with E-state index in [0.29, 0.717) is 12.8 Å². The number of carbonyl (C=O) groups excluding carboxylic acids is 1. The molecule has 1 rings (SSSR count). The smallest absolute Gasteiger partial charge is 0.326 e. The Labute approximate surface area is 124 Å². The van der Waals surface area contributed by atoms with Crippen LogP contribution in [0.3, 0.4) is 0 Å². The van der Waals surface area contributed by atoms with Crippen LogP contribution in [0.5, 0.6) is 0 Å². The maximum atomic E-state index is 13.5. The lowest BCUT2D eigenvalue weighted by Gasteiger charge is -2.21. The first-order chi connectivity index (χ1) is 9.69. The Kier molecular flexibility index (Phi) is 5.88. The first kappa shape index (κ1) is 17.1. The van der Waals surface area contributed by atoms with Gasteiger partial charge in [-0.25, -0.2) is 9.18 Å². The molecule has 0 saturated heterocycles. The molecule has 116 valence electrons. The number of nitrogens with one attached hydrogen (secondary N) is 1. The minimum absolute atomic E-state index is 0.00995. The van der Waals surface area contributed by atoms with Gasteiger partial charge in [0, 0.05) is 0 Å². The molecule has 0 spiro atoms. The number of benzene rings is 1. The number of halogens is 1. The van der Waals surface area contributed by atoms with Crippen LogP contribution >= 0.6 is 0 Å². The van der Waals surface area contributed by atoms with Gasteiger partial charge in [-0.15, -0.1) is 0 Å². The third-order valence-corrected chi connectivity index (χ3v) is 3.13. The van der Waals surface area contributed by atoms with E-state index in [1.165, 1.54) is 12.1 Å². The van der Waals surface area contributed by atoms with Crippen molar-refractivity contribution in [2.75, 3.05) is 0 Å². The zero-order chi connectivity index (χ0) is 16.0. The Bertz CT molecular complexity index is 508. The highest BCUT2D eigenvalue weighted by atomic mass is 19.1. The lowest BCUT2D eigenvalue weighted by atomic mass is 9.88. The molecule has 1 aromatic carbocycles. The number of carboxylic acids is 1. The average molecular weight is 295 g/mol. The van der Waals surface area contributed by atoms with Crippen LogP contribution in [0.1, 0.15) is 39.2 Å². The maximum absolute atomic E-state index is 13.5. The first-order valence-electron chi connectivity index (χ1n) is 6.94. The fraction of sp³-hybridized carbons (Fsp3) is 0.500. The molecule has 1 aromatic rings. The summed E-state index contributed by atoms with van der Waals surface area (Å²) in [5, 5.41) is 11.6. The van der Waals surface area contributed by atoms with Crippen molar-refractivity contribution in [2.24, 2.45) is 5.41 Å². The molecule has 21 heavy (non-hydrogen) atoms. The SMILES string of the molecule is CC(C)(C)CCC(NC(=O)Cc1ccccc1F)C(=O)O. The minimum Gasteiger partial charge on any atom is -0.480 e. The largest absolute Gasteiger partial charge is 0.480 e. The summed E-state index contributed by atoms with van der Waals surface area (Å²) in [5.74, 6) is -2.02. The predicted molar refractivity (Wildman–Crippen MR) is 78.4 cm³/mol. The van der Waals surface area contributed by atoms with E-state index in [4.69, 9.17) is 5.11 Å². The van der Waals surface area contributed by atoms with Gasteiger partial charge in [0.05, 0.1) is 6.42 Å². The van der Waals surface area contributed by atoms with Crippen LogP contribution in [0.15, 0.2) is 24.3 Å². The number of carbonyl (C=O) groups is 2. The van der Waals surface area contributed by atoms with Crippen molar-refractivity contribution >= 4 is 11.9 Å². The summed E-state index contributed by atoms with van der Waals surface area (Å²) < 4.78 is 13.5. The highest BCUT2D eigenvalue weighted by molar-refractivity contribution is 5.84. The first-order valence-corrected chi connectivity index (χ1v) is 6.94. The van der Waals surface area contributed by atoms with Gasteiger partial charge in [0.2, 0.25) is 5.91 Å². The van der Waals surface area contributed by atoms with Gasteiger partial charge in [0.1, 0.15) is 11.9 Å². The normalized spacial score (nSPS) is 12.8. The van der Waals surface area contributed by atoms with E-state index in [9.17, 15) is 14.0 Å². The fourth-order valence-corrected chi connectivity index (χ4v) is 1.89. The molecule has 2 N–H and O–H groups in total. The number of carboxylic acid groups (broad SMARTS) is 1. The standard InChI is InChI=1S/C16H22FNO3/c1-16(2,3)9-8-13(15(20)21)18-14(19)10-11-6-4-5-7-12(11)17/h4-7,13H,8-10H2,1-3H3,(H,18,19)(H,20,21). The molecule has 1 amide bonds. The van der Waals surface area contributed by atoms with E-state index in [1.54, 1.807) is 12.1 Å². The molecule has 0 fully saturated rings. The molecule has 1 unspecified atom stereocenters. The van der Waals surface area contributed by atoms with Gasteiger partial charge in [-0.2, -0.15) is 0 Å². The molecule has 0 bridgehead atoms. The predicted octanol–water partition coefficient (Wildman–Crippen LogP) is 2.76. The summed E-state index contributed by atoms with van der Waals surface area (Å²) in [4.78, 5) is 23.0. The Morgan fingerprint density at radius 2 is 1.90 bits per heavy atom. The van der Waals surface area contributed by atoms with Gasteiger partial charge < -0.3 is 10.4 Å². The van der Waals surface area contributed by atoms with E-state index >= 15 is 0 Å². The van der Waals surface area contributed by atoms with Crippen molar-refractivity contribution in [1.29, 1.82) is 0 Å². The summed E-state index contributed by atoms with van der Waals surface area (Å²) >= 11 is 0. The second-order valence-corrected chi connectivity index (χ2v) is 6.33. The summed E-state index contributed by atoms with van der Waals surface area (Å²) in [7, 11) is 0. The summed E-state index contributed by atoms with van der Waals surface area (Å²) in [6.07, 6.45) is 0.859. The number of hydrogen-bond donors (Lipinski definition) is 2. The van der Waals surface area contributed by atoms with Gasteiger partial charge in [0.15, 0.2) is 0 Å². The van der Waals surface area contributed by atoms with E-state index in [1.807, 2.05) is 20.8 Å². The van der Waals surface area contributed by atoms with E-state index in [-0.39, 0.29) is 17.4 Å². The maximum Gasteiger partial charge on any atom is 0.326 e. The van der Waals surface area contributed by atoms with Crippen molar-refractivity contribution in [3.63, 3.8) is 0 Å². The summed E-state index contributed by atoms with van der Waals surface area (Å²) in [5.41, 5.74) is 0.249. The van der Waals surface area contributed by atoms with Gasteiger partial charge >= 0.3 is 5.97 Å². The van der Waals surface area contributed by atoms with Crippen molar-refractivity contribution in [3.05, 3.63) is 35.6 Å². The van der Waals surface area contributed by atoms with Crippen LogP contribution in [0.25, 0.3) is 0 Å². The molecule has 0 heterocycles. The third-order valence-electron chi connectivity index (χ3n) is 3.13. The molecule has 0 aromatic heterocycles. The highest BCUT2D eigenvalue weighted by Gasteiger charge is 2.23. The van der Waals surface area contributed by atoms with E-state index in [0.717, 1.165) is 0 Å². The Morgan fingerprint density at radius 1 is 1.29 bits per heavy atom. The zero-order valence-electron chi connectivity index (χ0n) is 12.6. The summed E-state index contributed by atoms with van der Waals surface area (Å²) in [6, 6.07) is 5.03. The number of rotatable bonds is 6. The van der Waals surface area contributed by atoms with Crippen LogP contribution in [0, 0.1) is 11.2 Å². The minimum atomic E-state index is -1.07. The Hall–Kier alpha value is -1.91. The second kappa shape index (κ2) is 7.20. The van der Waals surface area contributed by atoms with Crippen molar-refractivity contribution in [3.8, 4) is 0 Å². The molecule has 0 saturated carbocycles. The number of aliphatic carboxylic acids is 1. The quantitative estimate of drug-likeness (QED) is 0.848. The molecule has 0 radical (unpaired) electrons. The molecule has 1 atom stereocenters. The lowest BCUT2D eigenvalue weighted by Crippen LogP contribution is -2.42. The van der Waals surface area contributed by atoms with Crippen LogP contribution in [0.2, 0.25) is 0 Å². The Balaban J connectivity index is 2.61. The van der Waals surface area contributed by atoms with Crippen LogP contribution in [0.4, 0.5) is 4.39 Å². The van der Waals surface area contributed by atoms with Crippen LogP contribution in [-0.4, -0.2) is 23.0 Å². The highest BCUT2D eigenvalue weighted by Crippen LogP contribution is 2.21. The molecular formula is C16H22FNO3. The Morgan fingerprint density at radius 3 is 2.43 bits per heavy atom. The van der Waals surface area contributed by atoms with Crippen LogP contribution < -0.4 is 5.32 Å². The lowest BCUT2D eigenvalue weighted by molar-refractivity contribution is -0.142.